The van der Waals surface area contributed by atoms with Gasteiger partial charge in [-0.15, -0.1) is 0 Å². The second kappa shape index (κ2) is 7.64. The Morgan fingerprint density at radius 1 is 1.00 bits per heavy atom. The molecule has 0 bridgehead atoms. The highest BCUT2D eigenvalue weighted by atomic mass is 16.7. The monoisotopic (exact) mass is 381 g/mol. The summed E-state index contributed by atoms with van der Waals surface area (Å²) in [5.74, 6) is 0.332. The lowest BCUT2D eigenvalue weighted by Gasteiger charge is -2.38. The SMILES string of the molecule is Cc1ccc(C(=O)C(=O)NCC2(c3ccc4c(c3)OCO4)CCOCC2)cc1. The fourth-order valence-corrected chi connectivity index (χ4v) is 3.72. The smallest absolute Gasteiger partial charge is 0.292 e. The molecular formula is C22H23NO5. The van der Waals surface area contributed by atoms with Gasteiger partial charge < -0.3 is 19.5 Å². The van der Waals surface area contributed by atoms with Gasteiger partial charge in [0.05, 0.1) is 0 Å². The normalized spacial score (nSPS) is 17.2. The summed E-state index contributed by atoms with van der Waals surface area (Å²) in [4.78, 5) is 24.9. The van der Waals surface area contributed by atoms with E-state index in [4.69, 9.17) is 14.2 Å². The lowest BCUT2D eigenvalue weighted by molar-refractivity contribution is -0.117. The zero-order valence-corrected chi connectivity index (χ0v) is 15.8. The Bertz CT molecular complexity index is 884. The fourth-order valence-electron chi connectivity index (χ4n) is 3.72. The predicted octanol–water partition coefficient (Wildman–Crippen LogP) is 2.77. The Hall–Kier alpha value is -2.86. The third-order valence-corrected chi connectivity index (χ3v) is 5.54. The standard InChI is InChI=1S/C22H23NO5/c1-15-2-4-16(5-3-15)20(24)21(25)23-13-22(8-10-26-11-9-22)17-6-7-18-19(12-17)28-14-27-18/h2-7,12H,8-11,13-14H2,1H3,(H,23,25). The van der Waals surface area contributed by atoms with Crippen molar-refractivity contribution >= 4 is 11.7 Å². The molecule has 28 heavy (non-hydrogen) atoms. The van der Waals surface area contributed by atoms with Crippen LogP contribution in [0.3, 0.4) is 0 Å². The summed E-state index contributed by atoms with van der Waals surface area (Å²) in [6.45, 7) is 3.74. The number of carbonyl (C=O) groups excluding carboxylic acids is 2. The first-order chi connectivity index (χ1) is 13.6. The first-order valence-corrected chi connectivity index (χ1v) is 9.44. The number of amides is 1. The van der Waals surface area contributed by atoms with Crippen molar-refractivity contribution in [3.05, 3.63) is 59.2 Å². The molecule has 0 spiro atoms. The van der Waals surface area contributed by atoms with Crippen molar-refractivity contribution in [3.63, 3.8) is 0 Å². The maximum atomic E-state index is 12.5. The van der Waals surface area contributed by atoms with E-state index >= 15 is 0 Å². The minimum absolute atomic E-state index is 0.219. The van der Waals surface area contributed by atoms with E-state index in [0.29, 0.717) is 31.1 Å². The Morgan fingerprint density at radius 2 is 1.71 bits per heavy atom. The summed E-state index contributed by atoms with van der Waals surface area (Å²) in [5.41, 5.74) is 2.19. The molecule has 2 aliphatic rings. The van der Waals surface area contributed by atoms with Gasteiger partial charge in [0.15, 0.2) is 11.5 Å². The molecule has 1 saturated heterocycles. The van der Waals surface area contributed by atoms with Gasteiger partial charge in [-0.25, -0.2) is 0 Å². The quantitative estimate of drug-likeness (QED) is 0.637. The van der Waals surface area contributed by atoms with Crippen molar-refractivity contribution in [1.82, 2.24) is 5.32 Å². The summed E-state index contributed by atoms with van der Waals surface area (Å²) < 4.78 is 16.4. The number of carbonyl (C=O) groups is 2. The Labute approximate surface area is 163 Å². The van der Waals surface area contributed by atoms with E-state index in [9.17, 15) is 9.59 Å². The van der Waals surface area contributed by atoms with Crippen LogP contribution in [-0.2, 0) is 14.9 Å². The highest BCUT2D eigenvalue weighted by molar-refractivity contribution is 6.42. The number of nitrogens with one attached hydrogen (secondary N) is 1. The molecule has 2 heterocycles. The molecule has 0 atom stereocenters. The lowest BCUT2D eigenvalue weighted by Crippen LogP contribution is -2.46. The van der Waals surface area contributed by atoms with Crippen molar-refractivity contribution in [2.45, 2.75) is 25.2 Å². The van der Waals surface area contributed by atoms with E-state index in [1.54, 1.807) is 12.1 Å². The summed E-state index contributed by atoms with van der Waals surface area (Å²) in [6, 6.07) is 12.9. The lowest BCUT2D eigenvalue weighted by atomic mass is 9.74. The molecule has 6 heteroatoms. The van der Waals surface area contributed by atoms with Gasteiger partial charge in [-0.05, 0) is 37.5 Å². The number of ketones is 1. The van der Waals surface area contributed by atoms with Gasteiger partial charge in [-0.1, -0.05) is 35.9 Å². The molecule has 6 nitrogen and oxygen atoms in total. The first-order valence-electron chi connectivity index (χ1n) is 9.44. The van der Waals surface area contributed by atoms with E-state index in [0.717, 1.165) is 29.7 Å². The van der Waals surface area contributed by atoms with Crippen LogP contribution in [0, 0.1) is 6.92 Å². The average molecular weight is 381 g/mol. The van der Waals surface area contributed by atoms with Gasteiger partial charge in [0.1, 0.15) is 0 Å². The number of rotatable bonds is 5. The van der Waals surface area contributed by atoms with Gasteiger partial charge in [-0.3, -0.25) is 9.59 Å². The first kappa shape index (κ1) is 18.5. The van der Waals surface area contributed by atoms with Crippen LogP contribution in [0.5, 0.6) is 11.5 Å². The van der Waals surface area contributed by atoms with Crippen LogP contribution in [-0.4, -0.2) is 38.2 Å². The van der Waals surface area contributed by atoms with Crippen molar-refractivity contribution in [2.75, 3.05) is 26.6 Å². The molecule has 0 radical (unpaired) electrons. The maximum absolute atomic E-state index is 12.5. The van der Waals surface area contributed by atoms with Crippen molar-refractivity contribution in [3.8, 4) is 11.5 Å². The molecule has 146 valence electrons. The van der Waals surface area contributed by atoms with Crippen molar-refractivity contribution < 1.29 is 23.8 Å². The number of benzene rings is 2. The highest BCUT2D eigenvalue weighted by Crippen LogP contribution is 2.40. The minimum atomic E-state index is -0.588. The molecule has 0 saturated carbocycles. The predicted molar refractivity (Wildman–Crippen MR) is 103 cm³/mol. The van der Waals surface area contributed by atoms with E-state index in [2.05, 4.69) is 5.32 Å². The molecule has 2 aromatic rings. The molecule has 0 unspecified atom stereocenters. The number of hydrogen-bond donors (Lipinski definition) is 1. The van der Waals surface area contributed by atoms with Gasteiger partial charge in [0.2, 0.25) is 12.6 Å². The highest BCUT2D eigenvalue weighted by Gasteiger charge is 2.36. The third-order valence-electron chi connectivity index (χ3n) is 5.54. The molecule has 0 aliphatic carbocycles. The molecule has 1 N–H and O–H groups in total. The van der Waals surface area contributed by atoms with E-state index in [1.165, 1.54) is 0 Å². The maximum Gasteiger partial charge on any atom is 0.292 e. The van der Waals surface area contributed by atoms with Crippen LogP contribution in [0.1, 0.15) is 34.3 Å². The van der Waals surface area contributed by atoms with Crippen molar-refractivity contribution in [1.29, 1.82) is 0 Å². The zero-order chi connectivity index (χ0) is 19.6. The van der Waals surface area contributed by atoms with Crippen LogP contribution in [0.15, 0.2) is 42.5 Å². The zero-order valence-electron chi connectivity index (χ0n) is 15.8. The second-order valence-electron chi connectivity index (χ2n) is 7.34. The number of ether oxygens (including phenoxy) is 3. The van der Waals surface area contributed by atoms with Gasteiger partial charge >= 0.3 is 0 Å². The molecule has 1 amide bonds. The second-order valence-corrected chi connectivity index (χ2v) is 7.34. The average Bonchev–Trinajstić information content (AvgIpc) is 3.21. The third kappa shape index (κ3) is 3.60. The van der Waals surface area contributed by atoms with Crippen LogP contribution < -0.4 is 14.8 Å². The fraction of sp³-hybridized carbons (Fsp3) is 0.364. The summed E-state index contributed by atoms with van der Waals surface area (Å²) in [7, 11) is 0. The minimum Gasteiger partial charge on any atom is -0.454 e. The largest absolute Gasteiger partial charge is 0.454 e. The number of hydrogen-bond acceptors (Lipinski definition) is 5. The van der Waals surface area contributed by atoms with E-state index < -0.39 is 11.7 Å². The Kier molecular flexibility index (Phi) is 5.05. The Morgan fingerprint density at radius 3 is 2.46 bits per heavy atom. The summed E-state index contributed by atoms with van der Waals surface area (Å²) in [5, 5.41) is 2.86. The number of aryl methyl sites for hydroxylation is 1. The molecule has 0 aromatic heterocycles. The van der Waals surface area contributed by atoms with Crippen LogP contribution in [0.4, 0.5) is 0 Å². The van der Waals surface area contributed by atoms with Gasteiger partial charge in [-0.2, -0.15) is 0 Å². The summed E-state index contributed by atoms with van der Waals surface area (Å²) in [6.07, 6.45) is 1.51. The molecule has 4 rings (SSSR count). The summed E-state index contributed by atoms with van der Waals surface area (Å²) >= 11 is 0. The van der Waals surface area contributed by atoms with Crippen LogP contribution in [0.2, 0.25) is 0 Å². The molecular weight excluding hydrogens is 358 g/mol. The molecule has 2 aromatic carbocycles. The molecule has 2 aliphatic heterocycles. The van der Waals surface area contributed by atoms with E-state index in [1.807, 2.05) is 37.3 Å². The number of fused-ring (bicyclic) bond motifs is 1. The van der Waals surface area contributed by atoms with E-state index in [-0.39, 0.29) is 12.2 Å². The topological polar surface area (TPSA) is 73.9 Å². The Balaban J connectivity index is 1.51. The number of Topliss-reactive ketones (excluding diaryl/α,β-unsaturated/α-hetero) is 1. The van der Waals surface area contributed by atoms with Crippen molar-refractivity contribution in [2.24, 2.45) is 0 Å². The van der Waals surface area contributed by atoms with Crippen LogP contribution in [0.25, 0.3) is 0 Å². The van der Waals surface area contributed by atoms with Gasteiger partial charge in [0, 0.05) is 30.7 Å². The van der Waals surface area contributed by atoms with Gasteiger partial charge in [0.25, 0.3) is 5.91 Å². The van der Waals surface area contributed by atoms with Crippen LogP contribution >= 0.6 is 0 Å². The molecule has 1 fully saturated rings.